The molecule has 0 atom stereocenters. The van der Waals surface area contributed by atoms with Crippen LogP contribution in [-0.2, 0) is 4.79 Å². The van der Waals surface area contributed by atoms with Crippen molar-refractivity contribution >= 4 is 22.9 Å². The topological polar surface area (TPSA) is 57.8 Å². The molecule has 2 aromatic rings. The molecule has 1 amide bonds. The van der Waals surface area contributed by atoms with Crippen LogP contribution in [0.1, 0.15) is 18.1 Å². The van der Waals surface area contributed by atoms with E-state index in [2.05, 4.69) is 34.6 Å². The number of H-pyrrole nitrogens is 1. The van der Waals surface area contributed by atoms with Crippen molar-refractivity contribution in [1.82, 2.24) is 15.5 Å². The van der Waals surface area contributed by atoms with Gasteiger partial charge in [0.15, 0.2) is 0 Å². The van der Waals surface area contributed by atoms with Crippen molar-refractivity contribution in [3.8, 4) is 0 Å². The highest BCUT2D eigenvalue weighted by atomic mass is 16.1. The van der Waals surface area contributed by atoms with Crippen LogP contribution in [-0.4, -0.2) is 22.6 Å². The zero-order chi connectivity index (χ0) is 12.3. The lowest BCUT2D eigenvalue weighted by atomic mass is 10.1. The molecule has 4 heteroatoms. The Labute approximate surface area is 99.7 Å². The Morgan fingerprint density at radius 3 is 3.12 bits per heavy atom. The predicted molar refractivity (Wildman–Crippen MR) is 68.5 cm³/mol. The van der Waals surface area contributed by atoms with Crippen molar-refractivity contribution in [2.75, 3.05) is 6.54 Å². The maximum Gasteiger partial charge on any atom is 0.217 e. The van der Waals surface area contributed by atoms with E-state index in [1.54, 1.807) is 6.20 Å². The lowest BCUT2D eigenvalue weighted by Crippen LogP contribution is -2.19. The molecule has 0 fully saturated rings. The smallest absolute Gasteiger partial charge is 0.217 e. The van der Waals surface area contributed by atoms with Gasteiger partial charge >= 0.3 is 0 Å². The van der Waals surface area contributed by atoms with Crippen LogP contribution in [0.3, 0.4) is 0 Å². The van der Waals surface area contributed by atoms with Crippen molar-refractivity contribution in [2.45, 2.75) is 13.8 Å². The zero-order valence-corrected chi connectivity index (χ0v) is 9.95. The van der Waals surface area contributed by atoms with Gasteiger partial charge < -0.3 is 5.32 Å². The summed E-state index contributed by atoms with van der Waals surface area (Å²) in [5, 5.41) is 10.8. The molecule has 0 bridgehead atoms. The fraction of sp³-hybridized carbons (Fsp3) is 0.231. The molecule has 2 N–H and O–H groups in total. The molecule has 0 aliphatic rings. The summed E-state index contributed by atoms with van der Waals surface area (Å²) in [5.41, 5.74) is 3.37. The van der Waals surface area contributed by atoms with Gasteiger partial charge in [-0.05, 0) is 30.2 Å². The number of hydrogen-bond donors (Lipinski definition) is 2. The molecule has 88 valence electrons. The Morgan fingerprint density at radius 2 is 2.35 bits per heavy atom. The number of nitrogens with zero attached hydrogens (tertiary/aromatic N) is 1. The van der Waals surface area contributed by atoms with Gasteiger partial charge in [0.05, 0.1) is 11.7 Å². The summed E-state index contributed by atoms with van der Waals surface area (Å²) in [6.07, 6.45) is 5.76. The van der Waals surface area contributed by atoms with E-state index < -0.39 is 0 Å². The quantitative estimate of drug-likeness (QED) is 0.846. The second-order valence-electron chi connectivity index (χ2n) is 4.01. The summed E-state index contributed by atoms with van der Waals surface area (Å²) in [4.78, 5) is 10.7. The van der Waals surface area contributed by atoms with E-state index in [1.165, 1.54) is 12.5 Å². The van der Waals surface area contributed by atoms with Crippen LogP contribution in [0.5, 0.6) is 0 Å². The third kappa shape index (κ3) is 2.72. The Hall–Kier alpha value is -2.10. The fourth-order valence-electron chi connectivity index (χ4n) is 1.69. The van der Waals surface area contributed by atoms with E-state index in [-0.39, 0.29) is 5.91 Å². The Bertz CT molecular complexity index is 569. The SMILES string of the molecule is CC(=O)NCC=Cc1cc2cn[nH]c2cc1C. The van der Waals surface area contributed by atoms with Crippen molar-refractivity contribution in [1.29, 1.82) is 0 Å². The number of aromatic nitrogens is 2. The molecule has 1 aromatic carbocycles. The minimum atomic E-state index is -0.0170. The normalized spacial score (nSPS) is 11.2. The molecular formula is C13H15N3O. The zero-order valence-electron chi connectivity index (χ0n) is 9.95. The lowest BCUT2D eigenvalue weighted by molar-refractivity contribution is -0.118. The maximum atomic E-state index is 10.7. The van der Waals surface area contributed by atoms with Gasteiger partial charge in [-0.3, -0.25) is 9.89 Å². The highest BCUT2D eigenvalue weighted by molar-refractivity contribution is 5.82. The molecule has 0 spiro atoms. The van der Waals surface area contributed by atoms with Crippen LogP contribution >= 0.6 is 0 Å². The van der Waals surface area contributed by atoms with Gasteiger partial charge in [-0.2, -0.15) is 5.10 Å². The largest absolute Gasteiger partial charge is 0.353 e. The molecule has 0 saturated heterocycles. The summed E-state index contributed by atoms with van der Waals surface area (Å²) in [6, 6.07) is 4.15. The van der Waals surface area contributed by atoms with Crippen molar-refractivity contribution in [2.24, 2.45) is 0 Å². The number of benzene rings is 1. The lowest BCUT2D eigenvalue weighted by Gasteiger charge is -2.01. The second-order valence-corrected chi connectivity index (χ2v) is 4.01. The van der Waals surface area contributed by atoms with Gasteiger partial charge in [0.2, 0.25) is 5.91 Å². The summed E-state index contributed by atoms with van der Waals surface area (Å²) in [7, 11) is 0. The number of hydrogen-bond acceptors (Lipinski definition) is 2. The Balaban J connectivity index is 2.17. The first-order valence-electron chi connectivity index (χ1n) is 5.51. The molecule has 0 aliphatic heterocycles. The third-order valence-electron chi connectivity index (χ3n) is 2.59. The first-order valence-corrected chi connectivity index (χ1v) is 5.51. The van der Waals surface area contributed by atoms with Gasteiger partial charge in [-0.25, -0.2) is 0 Å². The molecule has 0 aliphatic carbocycles. The average molecular weight is 229 g/mol. The molecule has 2 rings (SSSR count). The van der Waals surface area contributed by atoms with E-state index in [0.29, 0.717) is 6.54 Å². The van der Waals surface area contributed by atoms with E-state index >= 15 is 0 Å². The summed E-state index contributed by atoms with van der Waals surface area (Å²) in [5.74, 6) is -0.0170. The van der Waals surface area contributed by atoms with E-state index in [4.69, 9.17) is 0 Å². The number of nitrogens with one attached hydrogen (secondary N) is 2. The standard InChI is InChI=1S/C13H15N3O/c1-9-6-13-12(8-15-16-13)7-11(9)4-3-5-14-10(2)17/h3-4,6-8H,5H2,1-2H3,(H,14,17)(H,15,16). The van der Waals surface area contributed by atoms with Crippen molar-refractivity contribution < 1.29 is 4.79 Å². The highest BCUT2D eigenvalue weighted by Crippen LogP contribution is 2.18. The molecule has 0 unspecified atom stereocenters. The molecule has 0 radical (unpaired) electrons. The van der Waals surface area contributed by atoms with E-state index in [1.807, 2.05) is 12.2 Å². The minimum Gasteiger partial charge on any atom is -0.353 e. The van der Waals surface area contributed by atoms with Gasteiger partial charge in [0.25, 0.3) is 0 Å². The maximum absolute atomic E-state index is 10.7. The van der Waals surface area contributed by atoms with Crippen LogP contribution in [0.25, 0.3) is 17.0 Å². The number of aryl methyl sites for hydroxylation is 1. The number of carbonyl (C=O) groups is 1. The monoisotopic (exact) mass is 229 g/mol. The van der Waals surface area contributed by atoms with Gasteiger partial charge in [-0.1, -0.05) is 12.2 Å². The van der Waals surface area contributed by atoms with Gasteiger partial charge in [0, 0.05) is 18.9 Å². The van der Waals surface area contributed by atoms with E-state index in [0.717, 1.165) is 16.5 Å². The number of aromatic amines is 1. The molecule has 17 heavy (non-hydrogen) atoms. The molecule has 1 heterocycles. The van der Waals surface area contributed by atoms with Crippen LogP contribution < -0.4 is 5.32 Å². The summed E-state index contributed by atoms with van der Waals surface area (Å²) >= 11 is 0. The number of amides is 1. The average Bonchev–Trinajstić information content (AvgIpc) is 2.71. The number of carbonyl (C=O) groups excluding carboxylic acids is 1. The Kier molecular flexibility index (Phi) is 3.23. The third-order valence-corrected chi connectivity index (χ3v) is 2.59. The fourth-order valence-corrected chi connectivity index (χ4v) is 1.69. The highest BCUT2D eigenvalue weighted by Gasteiger charge is 2.00. The van der Waals surface area contributed by atoms with Gasteiger partial charge in [-0.15, -0.1) is 0 Å². The Morgan fingerprint density at radius 1 is 1.53 bits per heavy atom. The van der Waals surface area contributed by atoms with Crippen molar-refractivity contribution in [3.63, 3.8) is 0 Å². The second kappa shape index (κ2) is 4.82. The molecule has 0 saturated carbocycles. The molecule has 4 nitrogen and oxygen atoms in total. The summed E-state index contributed by atoms with van der Waals surface area (Å²) < 4.78 is 0. The van der Waals surface area contributed by atoms with Crippen LogP contribution in [0.2, 0.25) is 0 Å². The number of fused-ring (bicyclic) bond motifs is 1. The number of rotatable bonds is 3. The molecule has 1 aromatic heterocycles. The minimum absolute atomic E-state index is 0.0170. The summed E-state index contributed by atoms with van der Waals surface area (Å²) in [6.45, 7) is 4.12. The van der Waals surface area contributed by atoms with Crippen LogP contribution in [0, 0.1) is 6.92 Å². The first kappa shape index (κ1) is 11.4. The van der Waals surface area contributed by atoms with Crippen LogP contribution in [0.15, 0.2) is 24.4 Å². The van der Waals surface area contributed by atoms with E-state index in [9.17, 15) is 4.79 Å². The van der Waals surface area contributed by atoms with Crippen LogP contribution in [0.4, 0.5) is 0 Å². The van der Waals surface area contributed by atoms with Gasteiger partial charge in [0.1, 0.15) is 0 Å². The van der Waals surface area contributed by atoms with Crippen molar-refractivity contribution in [3.05, 3.63) is 35.5 Å². The first-order chi connectivity index (χ1) is 8.16. The molecular weight excluding hydrogens is 214 g/mol. The predicted octanol–water partition coefficient (Wildman–Crippen LogP) is 2.02.